The summed E-state index contributed by atoms with van der Waals surface area (Å²) in [5.74, 6) is 0.731. The zero-order chi connectivity index (χ0) is 12.1. The van der Waals surface area contributed by atoms with Crippen LogP contribution < -0.4 is 0 Å². The molecular weight excluding hydrogens is 236 g/mol. The first-order valence-corrected chi connectivity index (χ1v) is 5.83. The van der Waals surface area contributed by atoms with Crippen LogP contribution in [-0.4, -0.2) is 21.4 Å². The third-order valence-electron chi connectivity index (χ3n) is 2.31. The zero-order valence-electron chi connectivity index (χ0n) is 9.46. The topological polar surface area (TPSA) is 30.7 Å². The lowest BCUT2D eigenvalue weighted by atomic mass is 10.1. The highest BCUT2D eigenvalue weighted by Gasteiger charge is 2.15. The minimum absolute atomic E-state index is 0.219. The average molecular weight is 252 g/mol. The molecule has 0 unspecified atom stereocenters. The van der Waals surface area contributed by atoms with Gasteiger partial charge in [0.2, 0.25) is 0 Å². The highest BCUT2D eigenvalue weighted by Crippen LogP contribution is 2.15. The van der Waals surface area contributed by atoms with Gasteiger partial charge in [-0.25, -0.2) is 13.5 Å². The van der Waals surface area contributed by atoms with Gasteiger partial charge >= 0.3 is 0 Å². The molecule has 0 amide bonds. The van der Waals surface area contributed by atoms with Crippen LogP contribution in [0, 0.1) is 5.92 Å². The van der Waals surface area contributed by atoms with Gasteiger partial charge in [-0.1, -0.05) is 19.1 Å². The SMILES string of the molecule is CC(C)CCc1c(CCl)nnn1CC(F)F. The van der Waals surface area contributed by atoms with E-state index in [0.29, 0.717) is 18.0 Å². The summed E-state index contributed by atoms with van der Waals surface area (Å²) in [5, 5.41) is 7.52. The molecule has 0 fully saturated rings. The summed E-state index contributed by atoms with van der Waals surface area (Å²) in [6, 6.07) is 0. The second kappa shape index (κ2) is 6.13. The van der Waals surface area contributed by atoms with E-state index in [1.54, 1.807) is 0 Å². The van der Waals surface area contributed by atoms with Crippen molar-refractivity contribution in [3.8, 4) is 0 Å². The van der Waals surface area contributed by atoms with Crippen molar-refractivity contribution in [2.45, 2.75) is 45.5 Å². The molecule has 1 rings (SSSR count). The molecule has 0 saturated carbocycles. The van der Waals surface area contributed by atoms with Crippen LogP contribution in [-0.2, 0) is 18.8 Å². The molecule has 0 N–H and O–H groups in total. The van der Waals surface area contributed by atoms with Crippen molar-refractivity contribution in [2.24, 2.45) is 5.92 Å². The average Bonchev–Trinajstić information content (AvgIpc) is 2.56. The molecule has 6 heteroatoms. The first-order valence-electron chi connectivity index (χ1n) is 5.30. The molecule has 0 atom stereocenters. The molecule has 1 heterocycles. The maximum absolute atomic E-state index is 12.3. The second-order valence-corrected chi connectivity index (χ2v) is 4.39. The molecule has 0 aliphatic heterocycles. The molecule has 16 heavy (non-hydrogen) atoms. The summed E-state index contributed by atoms with van der Waals surface area (Å²) in [6.07, 6.45) is -0.803. The number of rotatable bonds is 6. The fraction of sp³-hybridized carbons (Fsp3) is 0.800. The smallest absolute Gasteiger partial charge is 0.243 e. The van der Waals surface area contributed by atoms with E-state index in [4.69, 9.17) is 11.6 Å². The molecule has 0 radical (unpaired) electrons. The first-order chi connectivity index (χ1) is 7.54. The Hall–Kier alpha value is -0.710. The van der Waals surface area contributed by atoms with Crippen molar-refractivity contribution in [1.29, 1.82) is 0 Å². The minimum atomic E-state index is -2.41. The fourth-order valence-corrected chi connectivity index (χ4v) is 1.66. The summed E-state index contributed by atoms with van der Waals surface area (Å²) in [6.45, 7) is 3.76. The number of hydrogen-bond acceptors (Lipinski definition) is 2. The molecule has 0 saturated heterocycles. The number of alkyl halides is 3. The van der Waals surface area contributed by atoms with Gasteiger partial charge in [0, 0.05) is 0 Å². The Bertz CT molecular complexity index is 326. The van der Waals surface area contributed by atoms with Gasteiger partial charge in [0.15, 0.2) is 0 Å². The maximum atomic E-state index is 12.3. The molecular formula is C10H16ClF2N3. The lowest BCUT2D eigenvalue weighted by Crippen LogP contribution is -2.12. The van der Waals surface area contributed by atoms with Crippen LogP contribution in [0.3, 0.4) is 0 Å². The monoisotopic (exact) mass is 251 g/mol. The van der Waals surface area contributed by atoms with E-state index < -0.39 is 13.0 Å². The fourth-order valence-electron chi connectivity index (χ4n) is 1.45. The van der Waals surface area contributed by atoms with Gasteiger partial charge in [-0.2, -0.15) is 0 Å². The predicted molar refractivity (Wildman–Crippen MR) is 58.7 cm³/mol. The Kier molecular flexibility index (Phi) is 5.12. The third kappa shape index (κ3) is 3.70. The van der Waals surface area contributed by atoms with Crippen LogP contribution >= 0.6 is 11.6 Å². The Labute approximate surface area is 98.8 Å². The molecule has 0 aromatic carbocycles. The number of aromatic nitrogens is 3. The standard InChI is InChI=1S/C10H16ClF2N3/c1-7(2)3-4-9-8(5-11)14-15-16(9)6-10(12)13/h7,10H,3-6H2,1-2H3. The summed E-state index contributed by atoms with van der Waals surface area (Å²) < 4.78 is 25.9. The summed E-state index contributed by atoms with van der Waals surface area (Å²) in [5.41, 5.74) is 1.35. The van der Waals surface area contributed by atoms with Crippen molar-refractivity contribution in [1.82, 2.24) is 15.0 Å². The normalized spacial score (nSPS) is 11.7. The van der Waals surface area contributed by atoms with E-state index in [0.717, 1.165) is 12.1 Å². The van der Waals surface area contributed by atoms with Gasteiger partial charge in [-0.05, 0) is 18.8 Å². The van der Waals surface area contributed by atoms with E-state index in [1.165, 1.54) is 4.68 Å². The number of nitrogens with zero attached hydrogens (tertiary/aromatic N) is 3. The molecule has 0 aliphatic rings. The Morgan fingerprint density at radius 1 is 1.38 bits per heavy atom. The van der Waals surface area contributed by atoms with E-state index >= 15 is 0 Å². The molecule has 1 aromatic heterocycles. The number of hydrogen-bond donors (Lipinski definition) is 0. The van der Waals surface area contributed by atoms with E-state index in [1.807, 2.05) is 0 Å². The lowest BCUT2D eigenvalue weighted by Gasteiger charge is -2.08. The van der Waals surface area contributed by atoms with Gasteiger partial charge in [0.25, 0.3) is 6.43 Å². The quantitative estimate of drug-likeness (QED) is 0.728. The lowest BCUT2D eigenvalue weighted by molar-refractivity contribution is 0.119. The minimum Gasteiger partial charge on any atom is -0.243 e. The first kappa shape index (κ1) is 13.4. The second-order valence-electron chi connectivity index (χ2n) is 4.12. The Morgan fingerprint density at radius 2 is 2.06 bits per heavy atom. The van der Waals surface area contributed by atoms with E-state index in [9.17, 15) is 8.78 Å². The van der Waals surface area contributed by atoms with Crippen molar-refractivity contribution in [3.63, 3.8) is 0 Å². The van der Waals surface area contributed by atoms with Crippen LogP contribution in [0.1, 0.15) is 31.7 Å². The highest BCUT2D eigenvalue weighted by molar-refractivity contribution is 6.16. The Balaban J connectivity index is 2.79. The third-order valence-corrected chi connectivity index (χ3v) is 2.57. The van der Waals surface area contributed by atoms with E-state index in [2.05, 4.69) is 24.2 Å². The molecule has 1 aromatic rings. The Morgan fingerprint density at radius 3 is 2.56 bits per heavy atom. The largest absolute Gasteiger partial charge is 0.257 e. The maximum Gasteiger partial charge on any atom is 0.257 e. The van der Waals surface area contributed by atoms with Crippen molar-refractivity contribution in [2.75, 3.05) is 0 Å². The van der Waals surface area contributed by atoms with Crippen molar-refractivity contribution < 1.29 is 8.78 Å². The van der Waals surface area contributed by atoms with Gasteiger partial charge < -0.3 is 0 Å². The molecule has 3 nitrogen and oxygen atoms in total. The van der Waals surface area contributed by atoms with Crippen LogP contribution in [0.4, 0.5) is 8.78 Å². The van der Waals surface area contributed by atoms with Crippen LogP contribution in [0.5, 0.6) is 0 Å². The van der Waals surface area contributed by atoms with Crippen molar-refractivity contribution >= 4 is 11.6 Å². The summed E-state index contributed by atoms with van der Waals surface area (Å²) >= 11 is 5.69. The predicted octanol–water partition coefficient (Wildman–Crippen LogP) is 2.87. The van der Waals surface area contributed by atoms with E-state index in [-0.39, 0.29) is 5.88 Å². The van der Waals surface area contributed by atoms with Crippen molar-refractivity contribution in [3.05, 3.63) is 11.4 Å². The van der Waals surface area contributed by atoms with Gasteiger partial charge in [0.1, 0.15) is 12.2 Å². The highest BCUT2D eigenvalue weighted by atomic mass is 35.5. The van der Waals surface area contributed by atoms with Gasteiger partial charge in [-0.3, -0.25) is 0 Å². The zero-order valence-corrected chi connectivity index (χ0v) is 10.2. The van der Waals surface area contributed by atoms with Crippen LogP contribution in [0.2, 0.25) is 0 Å². The molecule has 0 bridgehead atoms. The van der Waals surface area contributed by atoms with Gasteiger partial charge in [-0.15, -0.1) is 16.7 Å². The molecule has 0 aliphatic carbocycles. The summed E-state index contributed by atoms with van der Waals surface area (Å²) in [4.78, 5) is 0. The molecule has 92 valence electrons. The summed E-state index contributed by atoms with van der Waals surface area (Å²) in [7, 11) is 0. The van der Waals surface area contributed by atoms with Gasteiger partial charge in [0.05, 0.1) is 11.6 Å². The van der Waals surface area contributed by atoms with Crippen LogP contribution in [0.25, 0.3) is 0 Å². The van der Waals surface area contributed by atoms with Crippen LogP contribution in [0.15, 0.2) is 0 Å². The number of halogens is 3. The molecule has 0 spiro atoms.